The van der Waals surface area contributed by atoms with Crippen molar-refractivity contribution in [1.82, 2.24) is 9.55 Å². The van der Waals surface area contributed by atoms with E-state index in [-0.39, 0.29) is 5.97 Å². The number of aromatic nitrogens is 2. The molecule has 5 rings (SSSR count). The van der Waals surface area contributed by atoms with Gasteiger partial charge in [0, 0.05) is 30.9 Å². The highest BCUT2D eigenvalue weighted by Gasteiger charge is 2.26. The maximum absolute atomic E-state index is 12.4. The lowest BCUT2D eigenvalue weighted by Crippen LogP contribution is -2.10. The molecule has 0 aliphatic heterocycles. The monoisotopic (exact) mass is 410 g/mol. The van der Waals surface area contributed by atoms with Gasteiger partial charge in [0.1, 0.15) is 0 Å². The summed E-state index contributed by atoms with van der Waals surface area (Å²) in [5.41, 5.74) is 7.40. The average molecular weight is 411 g/mol. The zero-order valence-corrected chi connectivity index (χ0v) is 18.0. The predicted octanol–water partition coefficient (Wildman–Crippen LogP) is 5.65. The molecule has 2 aromatic heterocycles. The molecule has 156 valence electrons. The first-order valence-corrected chi connectivity index (χ1v) is 10.8. The van der Waals surface area contributed by atoms with Gasteiger partial charge in [0.15, 0.2) is 0 Å². The van der Waals surface area contributed by atoms with Crippen molar-refractivity contribution in [2.45, 2.75) is 38.6 Å². The molecule has 0 spiro atoms. The average Bonchev–Trinajstić information content (AvgIpc) is 3.58. The molecule has 4 heteroatoms. The minimum Gasteiger partial charge on any atom is -0.465 e. The van der Waals surface area contributed by atoms with Gasteiger partial charge in [-0.2, -0.15) is 0 Å². The molecule has 1 aliphatic rings. The molecule has 1 saturated carbocycles. The molecule has 4 nitrogen and oxygen atoms in total. The topological polar surface area (TPSA) is 44.1 Å². The zero-order valence-electron chi connectivity index (χ0n) is 18.0. The van der Waals surface area contributed by atoms with Gasteiger partial charge in [0.05, 0.1) is 18.4 Å². The predicted molar refractivity (Wildman–Crippen MR) is 123 cm³/mol. The minimum atomic E-state index is -0.308. The van der Waals surface area contributed by atoms with Gasteiger partial charge in [0.25, 0.3) is 0 Å². The SMILES string of the molecule is COC(=O)c1cc(C2CC2)cnc1Cc1cc2ccn(Cc3ccccc3)c2cc1C. The van der Waals surface area contributed by atoms with Gasteiger partial charge < -0.3 is 9.30 Å². The number of hydrogen-bond donors (Lipinski definition) is 0. The lowest BCUT2D eigenvalue weighted by molar-refractivity contribution is 0.0599. The van der Waals surface area contributed by atoms with Crippen LogP contribution in [-0.4, -0.2) is 22.6 Å². The molecule has 2 heterocycles. The first-order valence-electron chi connectivity index (χ1n) is 10.8. The fourth-order valence-electron chi connectivity index (χ4n) is 4.25. The van der Waals surface area contributed by atoms with Crippen LogP contribution in [0.2, 0.25) is 0 Å². The number of nitrogens with zero attached hydrogens (tertiary/aromatic N) is 2. The lowest BCUT2D eigenvalue weighted by atomic mass is 9.98. The molecule has 4 aromatic rings. The van der Waals surface area contributed by atoms with Crippen LogP contribution in [-0.2, 0) is 17.7 Å². The number of fused-ring (bicyclic) bond motifs is 1. The third kappa shape index (κ3) is 3.98. The number of carbonyl (C=O) groups is 1. The normalized spacial score (nSPS) is 13.5. The fraction of sp³-hybridized carbons (Fsp3) is 0.259. The first-order chi connectivity index (χ1) is 15.1. The van der Waals surface area contributed by atoms with Crippen LogP contribution in [0.5, 0.6) is 0 Å². The summed E-state index contributed by atoms with van der Waals surface area (Å²) in [4.78, 5) is 17.1. The Morgan fingerprint density at radius 1 is 1.13 bits per heavy atom. The van der Waals surface area contributed by atoms with Gasteiger partial charge in [-0.15, -0.1) is 0 Å². The summed E-state index contributed by atoms with van der Waals surface area (Å²) in [5, 5.41) is 1.20. The van der Waals surface area contributed by atoms with Crippen LogP contribution < -0.4 is 0 Å². The van der Waals surface area contributed by atoms with Crippen molar-refractivity contribution in [2.24, 2.45) is 0 Å². The van der Waals surface area contributed by atoms with Crippen LogP contribution in [0.25, 0.3) is 10.9 Å². The number of methoxy groups -OCH3 is 1. The van der Waals surface area contributed by atoms with Crippen molar-refractivity contribution < 1.29 is 9.53 Å². The van der Waals surface area contributed by atoms with Crippen molar-refractivity contribution in [3.8, 4) is 0 Å². The number of esters is 1. The van der Waals surface area contributed by atoms with Crippen molar-refractivity contribution in [3.05, 3.63) is 101 Å². The number of carbonyl (C=O) groups excluding carboxylic acids is 1. The molecule has 2 aromatic carbocycles. The molecule has 0 atom stereocenters. The van der Waals surface area contributed by atoms with Gasteiger partial charge in [0.2, 0.25) is 0 Å². The van der Waals surface area contributed by atoms with Crippen LogP contribution in [0, 0.1) is 6.92 Å². The fourth-order valence-corrected chi connectivity index (χ4v) is 4.25. The molecule has 0 amide bonds. The second-order valence-electron chi connectivity index (χ2n) is 8.47. The second kappa shape index (κ2) is 8.03. The Labute approximate surface area is 182 Å². The van der Waals surface area contributed by atoms with Gasteiger partial charge in [-0.05, 0) is 77.6 Å². The lowest BCUT2D eigenvalue weighted by Gasteiger charge is -2.12. The molecule has 0 radical (unpaired) electrons. The van der Waals surface area contributed by atoms with E-state index >= 15 is 0 Å². The van der Waals surface area contributed by atoms with E-state index in [9.17, 15) is 4.79 Å². The van der Waals surface area contributed by atoms with Crippen LogP contribution in [0.4, 0.5) is 0 Å². The summed E-state index contributed by atoms with van der Waals surface area (Å²) in [6.45, 7) is 2.98. The van der Waals surface area contributed by atoms with Crippen LogP contribution in [0.1, 0.15) is 57.1 Å². The standard InChI is InChI=1S/C27H26N2O2/c1-18-12-26-21(10-11-29(26)17-19-6-4-3-5-7-19)13-22(18)15-25-24(27(30)31-2)14-23(16-28-25)20-8-9-20/h3-7,10-14,16,20H,8-9,15,17H2,1-2H3. The van der Waals surface area contributed by atoms with E-state index < -0.39 is 0 Å². The molecule has 0 bridgehead atoms. The Morgan fingerprint density at radius 3 is 2.68 bits per heavy atom. The van der Waals surface area contributed by atoms with Crippen molar-refractivity contribution in [1.29, 1.82) is 0 Å². The van der Waals surface area contributed by atoms with E-state index in [4.69, 9.17) is 4.74 Å². The molecule has 0 saturated heterocycles. The summed E-state index contributed by atoms with van der Waals surface area (Å²) < 4.78 is 7.33. The molecule has 1 aliphatic carbocycles. The number of rotatable bonds is 6. The summed E-state index contributed by atoms with van der Waals surface area (Å²) in [5.74, 6) is 0.241. The molecule has 0 unspecified atom stereocenters. The maximum Gasteiger partial charge on any atom is 0.339 e. The van der Waals surface area contributed by atoms with E-state index in [1.54, 1.807) is 0 Å². The highest BCUT2D eigenvalue weighted by molar-refractivity contribution is 5.91. The van der Waals surface area contributed by atoms with Crippen molar-refractivity contribution >= 4 is 16.9 Å². The molecular weight excluding hydrogens is 384 g/mol. The van der Waals surface area contributed by atoms with Gasteiger partial charge >= 0.3 is 5.97 Å². The van der Waals surface area contributed by atoms with Crippen LogP contribution in [0.15, 0.2) is 67.0 Å². The third-order valence-corrected chi connectivity index (χ3v) is 6.23. The van der Waals surface area contributed by atoms with Crippen LogP contribution in [0.3, 0.4) is 0 Å². The Morgan fingerprint density at radius 2 is 1.94 bits per heavy atom. The zero-order chi connectivity index (χ0) is 21.4. The summed E-state index contributed by atoms with van der Waals surface area (Å²) in [6, 6.07) is 19.1. The van der Waals surface area contributed by atoms with Crippen molar-refractivity contribution in [2.75, 3.05) is 7.11 Å². The second-order valence-corrected chi connectivity index (χ2v) is 8.47. The van der Waals surface area contributed by atoms with Gasteiger partial charge in [-0.1, -0.05) is 30.3 Å². The number of pyridine rings is 1. The highest BCUT2D eigenvalue weighted by Crippen LogP contribution is 2.40. The number of benzene rings is 2. The smallest absolute Gasteiger partial charge is 0.339 e. The quantitative estimate of drug-likeness (QED) is 0.386. The Bertz CT molecular complexity index is 1250. The number of ether oxygens (including phenoxy) is 1. The summed E-state index contributed by atoms with van der Waals surface area (Å²) in [6.07, 6.45) is 7.04. The Kier molecular flexibility index (Phi) is 5.06. The molecule has 1 fully saturated rings. The minimum absolute atomic E-state index is 0.308. The first kappa shape index (κ1) is 19.6. The molecule has 31 heavy (non-hydrogen) atoms. The van der Waals surface area contributed by atoms with E-state index in [1.807, 2.05) is 18.3 Å². The Hall–Kier alpha value is -3.40. The molecular formula is C27H26N2O2. The summed E-state index contributed by atoms with van der Waals surface area (Å²) >= 11 is 0. The van der Waals surface area contributed by atoms with Gasteiger partial charge in [-0.3, -0.25) is 4.98 Å². The summed E-state index contributed by atoms with van der Waals surface area (Å²) in [7, 11) is 1.43. The number of aryl methyl sites for hydroxylation is 1. The Balaban J connectivity index is 1.47. The van der Waals surface area contributed by atoms with E-state index in [2.05, 4.69) is 65.1 Å². The van der Waals surface area contributed by atoms with Crippen molar-refractivity contribution in [3.63, 3.8) is 0 Å². The van der Waals surface area contributed by atoms with E-state index in [0.717, 1.165) is 17.8 Å². The number of hydrogen-bond acceptors (Lipinski definition) is 3. The maximum atomic E-state index is 12.4. The highest BCUT2D eigenvalue weighted by atomic mass is 16.5. The van der Waals surface area contributed by atoms with E-state index in [1.165, 1.54) is 47.5 Å². The largest absolute Gasteiger partial charge is 0.465 e. The molecule has 0 N–H and O–H groups in total. The third-order valence-electron chi connectivity index (χ3n) is 6.23. The van der Waals surface area contributed by atoms with Gasteiger partial charge in [-0.25, -0.2) is 4.79 Å². The van der Waals surface area contributed by atoms with E-state index in [0.29, 0.717) is 17.9 Å². The van der Waals surface area contributed by atoms with Crippen LogP contribution >= 0.6 is 0 Å².